The molecule has 0 atom stereocenters. The predicted molar refractivity (Wildman–Crippen MR) is 78.8 cm³/mol. The Kier molecular flexibility index (Phi) is 4.94. The van der Waals surface area contributed by atoms with Crippen LogP contribution >= 0.6 is 0 Å². The minimum absolute atomic E-state index is 0.0873. The molecule has 0 bridgehead atoms. The van der Waals surface area contributed by atoms with E-state index in [1.165, 1.54) is 31.2 Å². The maximum absolute atomic E-state index is 12.0. The predicted octanol–water partition coefficient (Wildman–Crippen LogP) is 2.15. The Morgan fingerprint density at radius 2 is 1.75 bits per heavy atom. The maximum Gasteiger partial charge on any atom is 0.175 e. The molecule has 0 aliphatic carbocycles. The lowest BCUT2D eigenvalue weighted by molar-refractivity contribution is 0.0976. The summed E-state index contributed by atoms with van der Waals surface area (Å²) < 4.78 is 22.7. The SMILES string of the molecule is CS(=O)(=O)c1ccc(C(=O)CCCN2CCCC2)cc1. The molecule has 0 radical (unpaired) electrons. The zero-order chi connectivity index (χ0) is 14.6. The topological polar surface area (TPSA) is 54.5 Å². The van der Waals surface area contributed by atoms with Gasteiger partial charge in [0.1, 0.15) is 0 Å². The van der Waals surface area contributed by atoms with Crippen LogP contribution in [-0.4, -0.2) is 45.0 Å². The Bertz CT molecular complexity index is 557. The van der Waals surface area contributed by atoms with Crippen LogP contribution in [0.1, 0.15) is 36.0 Å². The number of rotatable bonds is 6. The monoisotopic (exact) mass is 295 g/mol. The number of benzene rings is 1. The number of sulfone groups is 1. The summed E-state index contributed by atoms with van der Waals surface area (Å²) in [7, 11) is -3.19. The van der Waals surface area contributed by atoms with Gasteiger partial charge >= 0.3 is 0 Å². The highest BCUT2D eigenvalue weighted by Gasteiger charge is 2.13. The first-order chi connectivity index (χ1) is 9.47. The molecule has 0 N–H and O–H groups in total. The lowest BCUT2D eigenvalue weighted by Gasteiger charge is -2.13. The fourth-order valence-corrected chi connectivity index (χ4v) is 3.13. The number of hydrogen-bond donors (Lipinski definition) is 0. The van der Waals surface area contributed by atoms with Gasteiger partial charge < -0.3 is 4.90 Å². The van der Waals surface area contributed by atoms with Crippen LogP contribution < -0.4 is 0 Å². The Balaban J connectivity index is 1.85. The van der Waals surface area contributed by atoms with E-state index in [1.54, 1.807) is 12.1 Å². The second-order valence-corrected chi connectivity index (χ2v) is 7.39. The van der Waals surface area contributed by atoms with Crippen molar-refractivity contribution in [2.75, 3.05) is 25.9 Å². The summed E-state index contributed by atoms with van der Waals surface area (Å²) >= 11 is 0. The Hall–Kier alpha value is -1.20. The van der Waals surface area contributed by atoms with Gasteiger partial charge in [0.15, 0.2) is 15.6 Å². The zero-order valence-corrected chi connectivity index (χ0v) is 12.7. The molecule has 0 aromatic heterocycles. The molecular formula is C15H21NO3S. The molecular weight excluding hydrogens is 274 g/mol. The van der Waals surface area contributed by atoms with Crippen LogP contribution in [0.3, 0.4) is 0 Å². The summed E-state index contributed by atoms with van der Waals surface area (Å²) in [6, 6.07) is 6.22. The fourth-order valence-electron chi connectivity index (χ4n) is 2.50. The number of carbonyl (C=O) groups is 1. The highest BCUT2D eigenvalue weighted by Crippen LogP contribution is 2.13. The normalized spacial score (nSPS) is 16.4. The average Bonchev–Trinajstić information content (AvgIpc) is 2.91. The molecule has 4 nitrogen and oxygen atoms in total. The standard InChI is InChI=1S/C15H21NO3S/c1-20(18,19)14-8-6-13(7-9-14)15(17)5-4-12-16-10-2-3-11-16/h6-9H,2-5,10-12H2,1H3. The van der Waals surface area contributed by atoms with Gasteiger partial charge in [0.05, 0.1) is 4.90 Å². The number of Topliss-reactive ketones (excluding diaryl/α,β-unsaturated/α-hetero) is 1. The second kappa shape index (κ2) is 6.50. The van der Waals surface area contributed by atoms with E-state index >= 15 is 0 Å². The van der Waals surface area contributed by atoms with E-state index in [4.69, 9.17) is 0 Å². The summed E-state index contributed by atoms with van der Waals surface area (Å²) in [4.78, 5) is 14.7. The molecule has 110 valence electrons. The largest absolute Gasteiger partial charge is 0.303 e. The molecule has 1 saturated heterocycles. The fraction of sp³-hybridized carbons (Fsp3) is 0.533. The molecule has 1 fully saturated rings. The second-order valence-electron chi connectivity index (χ2n) is 5.37. The third-order valence-corrected chi connectivity index (χ3v) is 4.81. The molecule has 20 heavy (non-hydrogen) atoms. The van der Waals surface area contributed by atoms with Gasteiger partial charge in [-0.15, -0.1) is 0 Å². The molecule has 1 aliphatic heterocycles. The van der Waals surface area contributed by atoms with Crippen LogP contribution in [0.2, 0.25) is 0 Å². The number of ketones is 1. The molecule has 1 heterocycles. The molecule has 0 amide bonds. The van der Waals surface area contributed by atoms with Crippen molar-refractivity contribution < 1.29 is 13.2 Å². The Labute approximate surface area is 120 Å². The van der Waals surface area contributed by atoms with E-state index in [-0.39, 0.29) is 10.7 Å². The maximum atomic E-state index is 12.0. The smallest absolute Gasteiger partial charge is 0.175 e. The molecule has 1 aromatic carbocycles. The van der Waals surface area contributed by atoms with Crippen LogP contribution in [0, 0.1) is 0 Å². The van der Waals surface area contributed by atoms with Crippen molar-refractivity contribution in [3.05, 3.63) is 29.8 Å². The number of hydrogen-bond acceptors (Lipinski definition) is 4. The van der Waals surface area contributed by atoms with Crippen molar-refractivity contribution in [2.45, 2.75) is 30.6 Å². The van der Waals surface area contributed by atoms with Crippen molar-refractivity contribution in [1.82, 2.24) is 4.90 Å². The van der Waals surface area contributed by atoms with E-state index in [0.717, 1.165) is 26.1 Å². The van der Waals surface area contributed by atoms with Gasteiger partial charge in [-0.1, -0.05) is 12.1 Å². The summed E-state index contributed by atoms with van der Waals surface area (Å²) in [6.45, 7) is 3.28. The van der Waals surface area contributed by atoms with E-state index in [1.807, 2.05) is 0 Å². The van der Waals surface area contributed by atoms with E-state index in [0.29, 0.717) is 12.0 Å². The third-order valence-electron chi connectivity index (χ3n) is 3.68. The molecule has 1 aromatic rings. The van der Waals surface area contributed by atoms with Crippen molar-refractivity contribution in [3.8, 4) is 0 Å². The highest BCUT2D eigenvalue weighted by atomic mass is 32.2. The van der Waals surface area contributed by atoms with Crippen LogP contribution in [-0.2, 0) is 9.84 Å². The minimum Gasteiger partial charge on any atom is -0.303 e. The minimum atomic E-state index is -3.19. The zero-order valence-electron chi connectivity index (χ0n) is 11.8. The van der Waals surface area contributed by atoms with Crippen molar-refractivity contribution in [2.24, 2.45) is 0 Å². The average molecular weight is 295 g/mol. The van der Waals surface area contributed by atoms with E-state index < -0.39 is 9.84 Å². The first-order valence-electron chi connectivity index (χ1n) is 7.02. The molecule has 2 rings (SSSR count). The quantitative estimate of drug-likeness (QED) is 0.755. The van der Waals surface area contributed by atoms with Crippen LogP contribution in [0.5, 0.6) is 0 Å². The highest BCUT2D eigenvalue weighted by molar-refractivity contribution is 7.90. The summed E-state index contributed by atoms with van der Waals surface area (Å²) in [5, 5.41) is 0. The molecule has 0 spiro atoms. The van der Waals surface area contributed by atoms with Crippen LogP contribution in [0.25, 0.3) is 0 Å². The van der Waals surface area contributed by atoms with Gasteiger partial charge in [-0.05, 0) is 51.0 Å². The van der Waals surface area contributed by atoms with Gasteiger partial charge in [0, 0.05) is 18.2 Å². The number of nitrogens with zero attached hydrogens (tertiary/aromatic N) is 1. The Morgan fingerprint density at radius 3 is 2.30 bits per heavy atom. The van der Waals surface area contributed by atoms with Crippen LogP contribution in [0.4, 0.5) is 0 Å². The van der Waals surface area contributed by atoms with Crippen molar-refractivity contribution >= 4 is 15.6 Å². The van der Waals surface area contributed by atoms with E-state index in [2.05, 4.69) is 4.90 Å². The van der Waals surface area contributed by atoms with Gasteiger partial charge in [-0.2, -0.15) is 0 Å². The van der Waals surface area contributed by atoms with Crippen molar-refractivity contribution in [3.63, 3.8) is 0 Å². The summed E-state index contributed by atoms with van der Waals surface area (Å²) in [6.07, 6.45) is 5.09. The number of carbonyl (C=O) groups excluding carboxylic acids is 1. The first-order valence-corrected chi connectivity index (χ1v) is 8.91. The third kappa shape index (κ3) is 4.15. The molecule has 0 unspecified atom stereocenters. The lowest BCUT2D eigenvalue weighted by Crippen LogP contribution is -2.21. The van der Waals surface area contributed by atoms with Crippen LogP contribution in [0.15, 0.2) is 29.2 Å². The van der Waals surface area contributed by atoms with Gasteiger partial charge in [0.25, 0.3) is 0 Å². The van der Waals surface area contributed by atoms with Gasteiger partial charge in [-0.25, -0.2) is 8.42 Å². The summed E-state index contributed by atoms with van der Waals surface area (Å²) in [5.41, 5.74) is 0.596. The molecule has 1 aliphatic rings. The lowest BCUT2D eigenvalue weighted by atomic mass is 10.1. The Morgan fingerprint density at radius 1 is 1.15 bits per heavy atom. The van der Waals surface area contributed by atoms with Gasteiger partial charge in [0.2, 0.25) is 0 Å². The summed E-state index contributed by atoms with van der Waals surface area (Å²) in [5.74, 6) is 0.0873. The number of likely N-dealkylation sites (tertiary alicyclic amines) is 1. The van der Waals surface area contributed by atoms with Gasteiger partial charge in [-0.3, -0.25) is 4.79 Å². The first kappa shape index (κ1) is 15.2. The van der Waals surface area contributed by atoms with Crippen molar-refractivity contribution in [1.29, 1.82) is 0 Å². The molecule has 0 saturated carbocycles. The van der Waals surface area contributed by atoms with E-state index in [9.17, 15) is 13.2 Å². The molecule has 5 heteroatoms.